The Labute approximate surface area is 88.5 Å². The lowest BCUT2D eigenvalue weighted by Crippen LogP contribution is -1.96. The number of hydrogen-bond acceptors (Lipinski definition) is 3. The maximum Gasteiger partial charge on any atom is 0.140 e. The van der Waals surface area contributed by atoms with Crippen LogP contribution in [0.5, 0.6) is 0 Å². The van der Waals surface area contributed by atoms with Crippen LogP contribution in [0.1, 0.15) is 0 Å². The Kier molecular flexibility index (Phi) is 2.33. The van der Waals surface area contributed by atoms with Gasteiger partial charge in [0, 0.05) is 11.5 Å². The maximum atomic E-state index is 13.5. The zero-order valence-electron chi connectivity index (χ0n) is 7.38. The van der Waals surface area contributed by atoms with Crippen molar-refractivity contribution in [3.63, 3.8) is 0 Å². The molecule has 14 heavy (non-hydrogen) atoms. The van der Waals surface area contributed by atoms with Crippen molar-refractivity contribution in [2.24, 2.45) is 0 Å². The topological polar surface area (TPSA) is 37.8 Å². The lowest BCUT2D eigenvalue weighted by molar-refractivity contribution is 0.638. The predicted molar refractivity (Wildman–Crippen MR) is 56.7 cm³/mol. The first-order valence-electron chi connectivity index (χ1n) is 4.00. The first kappa shape index (κ1) is 9.33. The molecule has 5 heteroatoms. The molecule has 0 saturated carbocycles. The van der Waals surface area contributed by atoms with E-state index in [2.05, 4.69) is 31.2 Å². The van der Waals surface area contributed by atoms with Gasteiger partial charge < -0.3 is 5.32 Å². The zero-order valence-corrected chi connectivity index (χ0v) is 8.97. The Morgan fingerprint density at radius 3 is 2.86 bits per heavy atom. The Morgan fingerprint density at radius 1 is 1.36 bits per heavy atom. The molecule has 0 saturated heterocycles. The Hall–Kier alpha value is -1.23. The number of rotatable bonds is 1. The molecule has 0 amide bonds. The van der Waals surface area contributed by atoms with E-state index in [1.165, 1.54) is 12.4 Å². The molecular formula is C9H7BrFN3. The van der Waals surface area contributed by atoms with Crippen LogP contribution in [0.25, 0.3) is 10.9 Å². The number of halogens is 2. The van der Waals surface area contributed by atoms with Gasteiger partial charge in [0.2, 0.25) is 0 Å². The first-order valence-corrected chi connectivity index (χ1v) is 4.79. The van der Waals surface area contributed by atoms with E-state index in [1.54, 1.807) is 13.1 Å². The summed E-state index contributed by atoms with van der Waals surface area (Å²) in [7, 11) is 1.70. The number of nitrogens with zero attached hydrogens (tertiary/aromatic N) is 2. The fourth-order valence-corrected chi connectivity index (χ4v) is 1.72. The molecule has 3 nitrogen and oxygen atoms in total. The normalized spacial score (nSPS) is 10.5. The minimum Gasteiger partial charge on any atom is -0.372 e. The minimum absolute atomic E-state index is 0.334. The third-order valence-corrected chi connectivity index (χ3v) is 2.35. The van der Waals surface area contributed by atoms with Gasteiger partial charge >= 0.3 is 0 Å². The number of anilines is 1. The zero-order chi connectivity index (χ0) is 10.1. The van der Waals surface area contributed by atoms with Gasteiger partial charge in [-0.05, 0) is 12.1 Å². The van der Waals surface area contributed by atoms with Gasteiger partial charge in [-0.15, -0.1) is 0 Å². The van der Waals surface area contributed by atoms with Crippen LogP contribution in [0.3, 0.4) is 0 Å². The van der Waals surface area contributed by atoms with Crippen molar-refractivity contribution in [2.45, 2.75) is 0 Å². The number of fused-ring (bicyclic) bond motifs is 1. The van der Waals surface area contributed by atoms with E-state index in [0.29, 0.717) is 21.2 Å². The highest BCUT2D eigenvalue weighted by atomic mass is 79.9. The van der Waals surface area contributed by atoms with Crippen molar-refractivity contribution >= 4 is 32.7 Å². The van der Waals surface area contributed by atoms with Gasteiger partial charge in [0.15, 0.2) is 0 Å². The largest absolute Gasteiger partial charge is 0.372 e. The molecule has 72 valence electrons. The van der Waals surface area contributed by atoms with Crippen LogP contribution in [-0.4, -0.2) is 17.0 Å². The highest BCUT2D eigenvalue weighted by Gasteiger charge is 2.08. The van der Waals surface area contributed by atoms with Crippen molar-refractivity contribution in [3.05, 3.63) is 28.7 Å². The molecule has 1 N–H and O–H groups in total. The average Bonchev–Trinajstić information content (AvgIpc) is 2.16. The third kappa shape index (κ3) is 1.43. The average molecular weight is 256 g/mol. The molecule has 0 atom stereocenters. The van der Waals surface area contributed by atoms with E-state index in [4.69, 9.17) is 0 Å². The summed E-state index contributed by atoms with van der Waals surface area (Å²) in [6, 6.07) is 3.15. The maximum absolute atomic E-state index is 13.5. The van der Waals surface area contributed by atoms with E-state index in [0.717, 1.165) is 0 Å². The van der Waals surface area contributed by atoms with Crippen molar-refractivity contribution < 1.29 is 4.39 Å². The fourth-order valence-electron chi connectivity index (χ4n) is 1.30. The summed E-state index contributed by atoms with van der Waals surface area (Å²) in [4.78, 5) is 7.93. The molecule has 0 aliphatic rings. The first-order chi connectivity index (χ1) is 6.72. The van der Waals surface area contributed by atoms with E-state index in [-0.39, 0.29) is 5.82 Å². The molecule has 1 aromatic heterocycles. The third-order valence-electron chi connectivity index (χ3n) is 1.89. The van der Waals surface area contributed by atoms with E-state index < -0.39 is 0 Å². The van der Waals surface area contributed by atoms with Gasteiger partial charge in [-0.1, -0.05) is 15.9 Å². The molecular weight excluding hydrogens is 249 g/mol. The van der Waals surface area contributed by atoms with E-state index >= 15 is 0 Å². The van der Waals surface area contributed by atoms with Crippen molar-refractivity contribution in [1.82, 2.24) is 9.97 Å². The van der Waals surface area contributed by atoms with Crippen LogP contribution >= 0.6 is 15.9 Å². The molecule has 0 aliphatic heterocycles. The summed E-state index contributed by atoms with van der Waals surface area (Å²) >= 11 is 3.21. The summed E-state index contributed by atoms with van der Waals surface area (Å²) in [5.74, 6) is 0.166. The quantitative estimate of drug-likeness (QED) is 0.852. The summed E-state index contributed by atoms with van der Waals surface area (Å²) in [5.41, 5.74) is 0.580. The van der Waals surface area contributed by atoms with E-state index in [9.17, 15) is 4.39 Å². The number of benzene rings is 1. The van der Waals surface area contributed by atoms with Crippen LogP contribution in [0, 0.1) is 5.82 Å². The van der Waals surface area contributed by atoms with Gasteiger partial charge in [0.1, 0.15) is 18.0 Å². The standard InChI is InChI=1S/C9H7BrFN3/c1-12-9-8-6(11)2-5(10)3-7(8)13-4-14-9/h2-4H,1H3,(H,12,13,14). The molecule has 0 aliphatic carbocycles. The molecule has 2 rings (SSSR count). The summed E-state index contributed by atoms with van der Waals surface area (Å²) < 4.78 is 14.2. The van der Waals surface area contributed by atoms with Gasteiger partial charge in [-0.25, -0.2) is 14.4 Å². The van der Waals surface area contributed by atoms with Crippen LogP contribution in [0.2, 0.25) is 0 Å². The van der Waals surface area contributed by atoms with Crippen LogP contribution in [0.4, 0.5) is 10.2 Å². The van der Waals surface area contributed by atoms with Gasteiger partial charge in [0.25, 0.3) is 0 Å². The van der Waals surface area contributed by atoms with Gasteiger partial charge in [-0.2, -0.15) is 0 Å². The second-order valence-corrected chi connectivity index (χ2v) is 3.67. The smallest absolute Gasteiger partial charge is 0.140 e. The number of nitrogens with one attached hydrogen (secondary N) is 1. The summed E-state index contributed by atoms with van der Waals surface area (Å²) in [5, 5.41) is 3.24. The minimum atomic E-state index is -0.334. The van der Waals surface area contributed by atoms with Crippen LogP contribution in [-0.2, 0) is 0 Å². The molecule has 0 spiro atoms. The van der Waals surface area contributed by atoms with E-state index in [1.807, 2.05) is 0 Å². The number of aromatic nitrogens is 2. The number of hydrogen-bond donors (Lipinski definition) is 1. The summed E-state index contributed by atoms with van der Waals surface area (Å²) in [6.45, 7) is 0. The molecule has 0 fully saturated rings. The molecule has 1 aromatic carbocycles. The Bertz CT molecular complexity index is 487. The lowest BCUT2D eigenvalue weighted by Gasteiger charge is -2.04. The molecule has 1 heterocycles. The molecule has 0 bridgehead atoms. The Balaban J connectivity index is 2.87. The van der Waals surface area contributed by atoms with Crippen LogP contribution < -0.4 is 5.32 Å². The van der Waals surface area contributed by atoms with Gasteiger partial charge in [0.05, 0.1) is 10.9 Å². The highest BCUT2D eigenvalue weighted by molar-refractivity contribution is 9.10. The molecule has 0 radical (unpaired) electrons. The second kappa shape index (κ2) is 3.49. The Morgan fingerprint density at radius 2 is 2.14 bits per heavy atom. The fraction of sp³-hybridized carbons (Fsp3) is 0.111. The second-order valence-electron chi connectivity index (χ2n) is 2.75. The van der Waals surface area contributed by atoms with Crippen LogP contribution in [0.15, 0.2) is 22.9 Å². The van der Waals surface area contributed by atoms with Gasteiger partial charge in [-0.3, -0.25) is 0 Å². The summed E-state index contributed by atoms with van der Waals surface area (Å²) in [6.07, 6.45) is 1.40. The monoisotopic (exact) mass is 255 g/mol. The SMILES string of the molecule is CNc1ncnc2cc(Br)cc(F)c12. The predicted octanol–water partition coefficient (Wildman–Crippen LogP) is 2.57. The van der Waals surface area contributed by atoms with Crippen molar-refractivity contribution in [3.8, 4) is 0 Å². The van der Waals surface area contributed by atoms with Crippen molar-refractivity contribution in [2.75, 3.05) is 12.4 Å². The lowest BCUT2D eigenvalue weighted by atomic mass is 10.2. The molecule has 0 unspecified atom stereocenters. The molecule has 2 aromatic rings. The van der Waals surface area contributed by atoms with Crippen molar-refractivity contribution in [1.29, 1.82) is 0 Å². The highest BCUT2D eigenvalue weighted by Crippen LogP contribution is 2.25.